The molecule has 0 unspecified atom stereocenters. The van der Waals surface area contributed by atoms with Gasteiger partial charge in [0.1, 0.15) is 16.5 Å². The van der Waals surface area contributed by atoms with Crippen molar-refractivity contribution in [1.29, 1.82) is 0 Å². The van der Waals surface area contributed by atoms with Crippen molar-refractivity contribution in [3.63, 3.8) is 0 Å². The molecular weight excluding hydrogens is 366 g/mol. The van der Waals surface area contributed by atoms with Crippen molar-refractivity contribution < 1.29 is 17.2 Å². The Hall–Kier alpha value is -0.570. The molecule has 1 N–H and O–H groups in total. The molecule has 8 heteroatoms. The topological polar surface area (TPSA) is 49.4 Å². The van der Waals surface area contributed by atoms with Crippen molar-refractivity contribution in [2.45, 2.75) is 29.7 Å². The van der Waals surface area contributed by atoms with Crippen LogP contribution in [0.15, 0.2) is 21.5 Å². The molecule has 21 heavy (non-hydrogen) atoms. The summed E-state index contributed by atoms with van der Waals surface area (Å²) in [4.78, 5) is 1.42. The summed E-state index contributed by atoms with van der Waals surface area (Å²) < 4.78 is 53.7. The third-order valence-corrected chi connectivity index (χ3v) is 6.42. The Labute approximate surface area is 131 Å². The summed E-state index contributed by atoms with van der Waals surface area (Å²) in [5.74, 6) is -1.94. The molecular formula is C13H17BrF2N2O2S. The molecule has 1 aromatic carbocycles. The molecule has 0 bridgehead atoms. The van der Waals surface area contributed by atoms with Crippen LogP contribution in [-0.2, 0) is 10.0 Å². The quantitative estimate of drug-likeness (QED) is 0.850. The van der Waals surface area contributed by atoms with Gasteiger partial charge in [-0.05, 0) is 55.4 Å². The first-order chi connectivity index (χ1) is 9.68. The summed E-state index contributed by atoms with van der Waals surface area (Å²) in [6.45, 7) is 0.200. The lowest BCUT2D eigenvalue weighted by molar-refractivity contribution is 0.0656. The predicted molar refractivity (Wildman–Crippen MR) is 79.5 cm³/mol. The number of rotatable bonds is 5. The first kappa shape index (κ1) is 16.8. The summed E-state index contributed by atoms with van der Waals surface area (Å²) >= 11 is 2.90. The minimum Gasteiger partial charge on any atom is -0.302 e. The maximum Gasteiger partial charge on any atom is 0.244 e. The number of nitrogens with one attached hydrogen (secondary N) is 1. The second kappa shape index (κ2) is 5.91. The van der Waals surface area contributed by atoms with E-state index in [0.717, 1.165) is 25.3 Å². The van der Waals surface area contributed by atoms with E-state index < -0.39 is 26.6 Å². The van der Waals surface area contributed by atoms with Gasteiger partial charge >= 0.3 is 0 Å². The summed E-state index contributed by atoms with van der Waals surface area (Å²) in [5.41, 5.74) is -0.226. The number of benzene rings is 1. The minimum atomic E-state index is -4.05. The molecule has 4 nitrogen and oxygen atoms in total. The highest BCUT2D eigenvalue weighted by molar-refractivity contribution is 9.10. The summed E-state index contributed by atoms with van der Waals surface area (Å²) in [6.07, 6.45) is 2.81. The second-order valence-electron chi connectivity index (χ2n) is 5.50. The van der Waals surface area contributed by atoms with Crippen LogP contribution in [0, 0.1) is 11.6 Å². The van der Waals surface area contributed by atoms with Gasteiger partial charge in [-0.2, -0.15) is 0 Å². The average molecular weight is 383 g/mol. The van der Waals surface area contributed by atoms with Gasteiger partial charge in [0.05, 0.1) is 0 Å². The molecule has 0 heterocycles. The standard InChI is InChI=1S/C13H17BrF2N2O2S/c1-18(2)13(4-3-5-13)8-17-21(19,20)12-10(14)6-9(15)7-11(12)16/h6-7,17H,3-5,8H2,1-2H3. The maximum absolute atomic E-state index is 13.8. The van der Waals surface area contributed by atoms with E-state index in [2.05, 4.69) is 20.7 Å². The average Bonchev–Trinajstić information content (AvgIpc) is 2.24. The highest BCUT2D eigenvalue weighted by Crippen LogP contribution is 2.36. The molecule has 1 fully saturated rings. The van der Waals surface area contributed by atoms with Crippen LogP contribution in [0.5, 0.6) is 0 Å². The Balaban J connectivity index is 2.24. The third-order valence-electron chi connectivity index (χ3n) is 4.06. The molecule has 1 aromatic rings. The van der Waals surface area contributed by atoms with Gasteiger partial charge in [-0.3, -0.25) is 0 Å². The monoisotopic (exact) mass is 382 g/mol. The number of hydrogen-bond donors (Lipinski definition) is 1. The van der Waals surface area contributed by atoms with E-state index >= 15 is 0 Å². The Morgan fingerprint density at radius 2 is 1.95 bits per heavy atom. The Morgan fingerprint density at radius 1 is 1.33 bits per heavy atom. The lowest BCUT2D eigenvalue weighted by Crippen LogP contribution is -2.57. The van der Waals surface area contributed by atoms with Crippen LogP contribution < -0.4 is 4.72 Å². The van der Waals surface area contributed by atoms with Crippen molar-refractivity contribution in [1.82, 2.24) is 9.62 Å². The van der Waals surface area contributed by atoms with Crippen LogP contribution in [0.4, 0.5) is 8.78 Å². The molecule has 1 aliphatic rings. The first-order valence-corrected chi connectivity index (χ1v) is 8.77. The van der Waals surface area contributed by atoms with E-state index in [1.807, 2.05) is 19.0 Å². The van der Waals surface area contributed by atoms with Gasteiger partial charge in [0.15, 0.2) is 0 Å². The van der Waals surface area contributed by atoms with Crippen LogP contribution in [0.3, 0.4) is 0 Å². The van der Waals surface area contributed by atoms with Crippen molar-refractivity contribution >= 4 is 26.0 Å². The van der Waals surface area contributed by atoms with Gasteiger partial charge in [0.25, 0.3) is 0 Å². The van der Waals surface area contributed by atoms with Crippen LogP contribution in [0.2, 0.25) is 0 Å². The van der Waals surface area contributed by atoms with Gasteiger partial charge in [-0.1, -0.05) is 0 Å². The highest BCUT2D eigenvalue weighted by atomic mass is 79.9. The molecule has 0 saturated heterocycles. The highest BCUT2D eigenvalue weighted by Gasteiger charge is 2.40. The van der Waals surface area contributed by atoms with Gasteiger partial charge in [-0.25, -0.2) is 21.9 Å². The van der Waals surface area contributed by atoms with Crippen LogP contribution in [0.1, 0.15) is 19.3 Å². The number of halogens is 3. The Bertz CT molecular complexity index is 623. The number of nitrogens with zero attached hydrogens (tertiary/aromatic N) is 1. The van der Waals surface area contributed by atoms with Gasteiger partial charge in [-0.15, -0.1) is 0 Å². The fourth-order valence-electron chi connectivity index (χ4n) is 2.45. The van der Waals surface area contributed by atoms with E-state index in [1.165, 1.54) is 0 Å². The summed E-state index contributed by atoms with van der Waals surface area (Å²) in [6, 6.07) is 1.49. The molecule has 0 atom stereocenters. The van der Waals surface area contributed by atoms with Crippen LogP contribution in [-0.4, -0.2) is 39.5 Å². The largest absolute Gasteiger partial charge is 0.302 e. The molecule has 1 saturated carbocycles. The maximum atomic E-state index is 13.8. The van der Waals surface area contributed by atoms with Crippen molar-refractivity contribution in [2.75, 3.05) is 20.6 Å². The Kier molecular flexibility index (Phi) is 4.72. The second-order valence-corrected chi connectivity index (χ2v) is 8.05. The van der Waals surface area contributed by atoms with E-state index in [-0.39, 0.29) is 16.6 Å². The van der Waals surface area contributed by atoms with Crippen molar-refractivity contribution in [2.24, 2.45) is 0 Å². The smallest absolute Gasteiger partial charge is 0.244 e. The minimum absolute atomic E-state index is 0.125. The van der Waals surface area contributed by atoms with E-state index in [4.69, 9.17) is 0 Å². The normalized spacial score (nSPS) is 17.8. The van der Waals surface area contributed by atoms with Crippen molar-refractivity contribution in [3.05, 3.63) is 28.2 Å². The lowest BCUT2D eigenvalue weighted by atomic mass is 9.76. The van der Waals surface area contributed by atoms with E-state index in [0.29, 0.717) is 6.07 Å². The molecule has 118 valence electrons. The summed E-state index contributed by atoms with van der Waals surface area (Å²) in [7, 11) is -0.265. The fourth-order valence-corrected chi connectivity index (χ4v) is 4.74. The molecule has 2 rings (SSSR count). The van der Waals surface area contributed by atoms with Gasteiger partial charge < -0.3 is 4.90 Å². The molecule has 0 radical (unpaired) electrons. The van der Waals surface area contributed by atoms with E-state index in [9.17, 15) is 17.2 Å². The predicted octanol–water partition coefficient (Wildman–Crippen LogP) is 2.49. The zero-order valence-electron chi connectivity index (χ0n) is 11.8. The zero-order valence-corrected chi connectivity index (χ0v) is 14.2. The molecule has 0 spiro atoms. The molecule has 0 amide bonds. The third kappa shape index (κ3) is 3.28. The van der Waals surface area contributed by atoms with Gasteiger partial charge in [0.2, 0.25) is 10.0 Å². The first-order valence-electron chi connectivity index (χ1n) is 6.50. The van der Waals surface area contributed by atoms with Crippen molar-refractivity contribution in [3.8, 4) is 0 Å². The van der Waals surface area contributed by atoms with Crippen LogP contribution >= 0.6 is 15.9 Å². The fraction of sp³-hybridized carbons (Fsp3) is 0.538. The lowest BCUT2D eigenvalue weighted by Gasteiger charge is -2.47. The van der Waals surface area contributed by atoms with E-state index in [1.54, 1.807) is 0 Å². The molecule has 1 aliphatic carbocycles. The zero-order chi connectivity index (χ0) is 15.8. The summed E-state index contributed by atoms with van der Waals surface area (Å²) in [5, 5.41) is 0. The number of hydrogen-bond acceptors (Lipinski definition) is 3. The Morgan fingerprint density at radius 3 is 2.38 bits per heavy atom. The number of sulfonamides is 1. The van der Waals surface area contributed by atoms with Crippen LogP contribution in [0.25, 0.3) is 0 Å². The number of likely N-dealkylation sites (N-methyl/N-ethyl adjacent to an activating group) is 1. The molecule has 0 aromatic heterocycles. The van der Waals surface area contributed by atoms with Gasteiger partial charge in [0, 0.05) is 22.6 Å². The molecule has 0 aliphatic heterocycles. The SMILES string of the molecule is CN(C)C1(CNS(=O)(=O)c2c(F)cc(F)cc2Br)CCC1.